The fraction of sp³-hybridized carbons (Fsp3) is 0.320. The minimum Gasteiger partial charge on any atom is -0.492 e. The van der Waals surface area contributed by atoms with Gasteiger partial charge in [0.05, 0.1) is 21.9 Å². The molecule has 37 heavy (non-hydrogen) atoms. The van der Waals surface area contributed by atoms with E-state index < -0.39 is 10.0 Å². The zero-order valence-electron chi connectivity index (χ0n) is 20.3. The topological polar surface area (TPSA) is 106 Å². The molecule has 4 aromatic rings. The maximum Gasteiger partial charge on any atom is 0.243 e. The number of aryl methyl sites for hydroxylation is 1. The van der Waals surface area contributed by atoms with Gasteiger partial charge < -0.3 is 10.1 Å². The van der Waals surface area contributed by atoms with E-state index in [4.69, 9.17) is 21.3 Å². The molecule has 2 aromatic heterocycles. The van der Waals surface area contributed by atoms with Gasteiger partial charge >= 0.3 is 0 Å². The number of fused-ring (bicyclic) bond motifs is 1. The number of thiazole rings is 1. The van der Waals surface area contributed by atoms with Crippen LogP contribution >= 0.6 is 22.9 Å². The van der Waals surface area contributed by atoms with Crippen molar-refractivity contribution >= 4 is 54.9 Å². The SMILES string of the molecule is CCOc1cccc2sc(-n3nc(C)cc3NC(=O)C3CCN(S(=O)(=O)c4ccc(Cl)cc4)CC3)nc12. The number of halogens is 1. The first-order chi connectivity index (χ1) is 17.8. The monoisotopic (exact) mass is 559 g/mol. The molecule has 0 unspecified atom stereocenters. The van der Waals surface area contributed by atoms with Crippen LogP contribution in [-0.2, 0) is 14.8 Å². The van der Waals surface area contributed by atoms with Gasteiger partial charge in [0.15, 0.2) is 0 Å². The van der Waals surface area contributed by atoms with Gasteiger partial charge in [-0.2, -0.15) is 14.1 Å². The number of aromatic nitrogens is 3. The van der Waals surface area contributed by atoms with Gasteiger partial charge in [-0.25, -0.2) is 13.4 Å². The van der Waals surface area contributed by atoms with E-state index in [9.17, 15) is 13.2 Å². The third kappa shape index (κ3) is 5.22. The summed E-state index contributed by atoms with van der Waals surface area (Å²) in [7, 11) is -3.64. The molecule has 194 valence electrons. The van der Waals surface area contributed by atoms with Gasteiger partial charge in [0.25, 0.3) is 0 Å². The Kier molecular flexibility index (Phi) is 7.21. The number of nitrogens with zero attached hydrogens (tertiary/aromatic N) is 4. The predicted molar refractivity (Wildman–Crippen MR) is 144 cm³/mol. The molecule has 0 saturated carbocycles. The first kappa shape index (κ1) is 25.7. The molecule has 0 atom stereocenters. The fourth-order valence-corrected chi connectivity index (χ4v) is 6.90. The third-order valence-corrected chi connectivity index (χ3v) is 9.37. The molecular weight excluding hydrogens is 534 g/mol. The molecule has 1 N–H and O–H groups in total. The van der Waals surface area contributed by atoms with Gasteiger partial charge in [-0.1, -0.05) is 29.0 Å². The standard InChI is InChI=1S/C25H26ClN5O4S2/c1-3-35-20-5-4-6-21-23(20)28-25(36-21)31-22(15-16(2)29-31)27-24(32)17-11-13-30(14-12-17)37(33,34)19-9-7-18(26)8-10-19/h4-10,15,17H,3,11-14H2,1-2H3,(H,27,32). The third-order valence-electron chi connectivity index (χ3n) is 6.21. The number of carbonyl (C=O) groups is 1. The highest BCUT2D eigenvalue weighted by molar-refractivity contribution is 7.89. The number of rotatable bonds is 7. The fourth-order valence-electron chi connectivity index (χ4n) is 4.35. The number of hydrogen-bond donors (Lipinski definition) is 1. The molecular formula is C25H26ClN5O4S2. The maximum absolute atomic E-state index is 13.2. The Morgan fingerprint density at radius 2 is 1.92 bits per heavy atom. The molecule has 9 nitrogen and oxygen atoms in total. The molecule has 2 aromatic carbocycles. The lowest BCUT2D eigenvalue weighted by atomic mass is 9.97. The summed E-state index contributed by atoms with van der Waals surface area (Å²) in [5.41, 5.74) is 1.49. The quantitative estimate of drug-likeness (QED) is 0.346. The molecule has 0 radical (unpaired) electrons. The molecule has 3 heterocycles. The Labute approximate surface area is 224 Å². The Morgan fingerprint density at radius 1 is 1.19 bits per heavy atom. The molecule has 0 bridgehead atoms. The average Bonchev–Trinajstić information content (AvgIpc) is 3.48. The Balaban J connectivity index is 1.30. The van der Waals surface area contributed by atoms with Crippen molar-refractivity contribution < 1.29 is 17.9 Å². The zero-order chi connectivity index (χ0) is 26.2. The van der Waals surface area contributed by atoms with Gasteiger partial charge in [0, 0.05) is 30.1 Å². The largest absolute Gasteiger partial charge is 0.492 e. The summed E-state index contributed by atoms with van der Waals surface area (Å²) in [6.07, 6.45) is 0.843. The summed E-state index contributed by atoms with van der Waals surface area (Å²) in [6, 6.07) is 13.7. The zero-order valence-corrected chi connectivity index (χ0v) is 22.7. The van der Waals surface area contributed by atoms with Crippen LogP contribution in [0.15, 0.2) is 53.4 Å². The van der Waals surface area contributed by atoms with Crippen molar-refractivity contribution in [1.82, 2.24) is 19.1 Å². The number of para-hydroxylation sites is 1. The summed E-state index contributed by atoms with van der Waals surface area (Å²) in [4.78, 5) is 18.1. The molecule has 1 amide bonds. The molecule has 1 aliphatic rings. The van der Waals surface area contributed by atoms with Crippen LogP contribution in [0.3, 0.4) is 0 Å². The van der Waals surface area contributed by atoms with E-state index in [0.29, 0.717) is 41.2 Å². The van der Waals surface area contributed by atoms with E-state index >= 15 is 0 Å². The van der Waals surface area contributed by atoms with Gasteiger partial charge in [-0.3, -0.25) is 4.79 Å². The highest BCUT2D eigenvalue weighted by Crippen LogP contribution is 2.33. The predicted octanol–water partition coefficient (Wildman–Crippen LogP) is 4.88. The van der Waals surface area contributed by atoms with Crippen LogP contribution in [0.1, 0.15) is 25.5 Å². The molecule has 1 saturated heterocycles. The van der Waals surface area contributed by atoms with Gasteiger partial charge in [0.2, 0.25) is 21.1 Å². The van der Waals surface area contributed by atoms with Gasteiger partial charge in [0.1, 0.15) is 17.1 Å². The Bertz CT molecular complexity index is 1540. The minimum atomic E-state index is -3.64. The first-order valence-corrected chi connectivity index (χ1v) is 14.6. The van der Waals surface area contributed by atoms with Crippen LogP contribution < -0.4 is 10.1 Å². The first-order valence-electron chi connectivity index (χ1n) is 11.9. The number of carbonyl (C=O) groups excluding carboxylic acids is 1. The number of amides is 1. The number of benzene rings is 2. The van der Waals surface area contributed by atoms with Crippen molar-refractivity contribution in [3.8, 4) is 10.9 Å². The molecule has 0 spiro atoms. The summed E-state index contributed by atoms with van der Waals surface area (Å²) >= 11 is 7.35. The van der Waals surface area contributed by atoms with Crippen LogP contribution in [0.5, 0.6) is 5.75 Å². The van der Waals surface area contributed by atoms with E-state index in [-0.39, 0.29) is 29.8 Å². The summed E-state index contributed by atoms with van der Waals surface area (Å²) in [5.74, 6) is 0.745. The second kappa shape index (κ2) is 10.4. The summed E-state index contributed by atoms with van der Waals surface area (Å²) in [6.45, 7) is 4.84. The number of ether oxygens (including phenoxy) is 1. The molecule has 1 aliphatic heterocycles. The smallest absolute Gasteiger partial charge is 0.243 e. The maximum atomic E-state index is 13.2. The van der Waals surface area contributed by atoms with Crippen LogP contribution in [0.25, 0.3) is 15.3 Å². The highest BCUT2D eigenvalue weighted by atomic mass is 35.5. The van der Waals surface area contributed by atoms with E-state index in [2.05, 4.69) is 10.4 Å². The lowest BCUT2D eigenvalue weighted by molar-refractivity contribution is -0.120. The summed E-state index contributed by atoms with van der Waals surface area (Å²) < 4.78 is 35.6. The van der Waals surface area contributed by atoms with Crippen molar-refractivity contribution in [3.05, 3.63) is 59.2 Å². The molecule has 5 rings (SSSR count). The van der Waals surface area contributed by atoms with Gasteiger partial charge in [-0.05, 0) is 63.1 Å². The number of piperidine rings is 1. The van der Waals surface area contributed by atoms with Crippen molar-refractivity contribution in [1.29, 1.82) is 0 Å². The lowest BCUT2D eigenvalue weighted by Crippen LogP contribution is -2.41. The van der Waals surface area contributed by atoms with E-state index in [1.54, 1.807) is 22.9 Å². The van der Waals surface area contributed by atoms with Crippen LogP contribution in [0.2, 0.25) is 5.02 Å². The molecule has 1 fully saturated rings. The lowest BCUT2D eigenvalue weighted by Gasteiger charge is -2.30. The van der Waals surface area contributed by atoms with E-state index in [1.165, 1.54) is 27.8 Å². The second-order valence-corrected chi connectivity index (χ2v) is 12.1. The Hall–Kier alpha value is -2.99. The second-order valence-electron chi connectivity index (χ2n) is 8.74. The normalized spacial score (nSPS) is 15.2. The summed E-state index contributed by atoms with van der Waals surface area (Å²) in [5, 5.41) is 8.63. The van der Waals surface area contributed by atoms with Crippen LogP contribution in [0, 0.1) is 12.8 Å². The average molecular weight is 560 g/mol. The Morgan fingerprint density at radius 3 is 2.62 bits per heavy atom. The molecule has 0 aliphatic carbocycles. The van der Waals surface area contributed by atoms with E-state index in [0.717, 1.165) is 15.9 Å². The highest BCUT2D eigenvalue weighted by Gasteiger charge is 2.32. The van der Waals surface area contributed by atoms with Crippen molar-refractivity contribution in [2.75, 3.05) is 25.0 Å². The van der Waals surface area contributed by atoms with Gasteiger partial charge in [-0.15, -0.1) is 0 Å². The number of nitrogens with one attached hydrogen (secondary N) is 1. The molecule has 12 heteroatoms. The minimum absolute atomic E-state index is 0.166. The van der Waals surface area contributed by atoms with E-state index in [1.807, 2.05) is 32.0 Å². The number of anilines is 1. The number of hydrogen-bond acceptors (Lipinski definition) is 7. The van der Waals surface area contributed by atoms with Crippen molar-refractivity contribution in [2.45, 2.75) is 31.6 Å². The van der Waals surface area contributed by atoms with Crippen LogP contribution in [-0.4, -0.2) is 53.1 Å². The van der Waals surface area contributed by atoms with Crippen molar-refractivity contribution in [3.63, 3.8) is 0 Å². The number of sulfonamides is 1. The van der Waals surface area contributed by atoms with Crippen LogP contribution in [0.4, 0.5) is 5.82 Å². The van der Waals surface area contributed by atoms with Crippen molar-refractivity contribution in [2.24, 2.45) is 5.92 Å².